The molecule has 0 saturated carbocycles. The SMILES string of the molecule is COc1cccc(C=NNC(=O)C(C)C(=O)Nc2ccccc2Br)c1OC. The van der Waals surface area contributed by atoms with Crippen LogP contribution in [-0.2, 0) is 9.59 Å². The summed E-state index contributed by atoms with van der Waals surface area (Å²) < 4.78 is 11.2. The molecule has 7 nitrogen and oxygen atoms in total. The summed E-state index contributed by atoms with van der Waals surface area (Å²) in [4.78, 5) is 24.4. The van der Waals surface area contributed by atoms with E-state index >= 15 is 0 Å². The van der Waals surface area contributed by atoms with Gasteiger partial charge < -0.3 is 14.8 Å². The second-order valence-electron chi connectivity index (χ2n) is 5.51. The number of anilines is 1. The highest BCUT2D eigenvalue weighted by Crippen LogP contribution is 2.29. The van der Waals surface area contributed by atoms with Crippen LogP contribution in [0.1, 0.15) is 12.5 Å². The summed E-state index contributed by atoms with van der Waals surface area (Å²) >= 11 is 3.34. The molecule has 0 bridgehead atoms. The van der Waals surface area contributed by atoms with Crippen molar-refractivity contribution in [1.29, 1.82) is 0 Å². The Bertz CT molecular complexity index is 855. The minimum atomic E-state index is -0.929. The fraction of sp³-hybridized carbons (Fsp3) is 0.211. The van der Waals surface area contributed by atoms with Crippen LogP contribution >= 0.6 is 15.9 Å². The molecule has 142 valence electrons. The van der Waals surface area contributed by atoms with Gasteiger partial charge in [-0.05, 0) is 47.1 Å². The third kappa shape index (κ3) is 5.30. The van der Waals surface area contributed by atoms with E-state index in [9.17, 15) is 9.59 Å². The van der Waals surface area contributed by atoms with Crippen molar-refractivity contribution < 1.29 is 19.1 Å². The molecule has 0 saturated heterocycles. The zero-order chi connectivity index (χ0) is 19.8. The van der Waals surface area contributed by atoms with Gasteiger partial charge in [0, 0.05) is 10.0 Å². The van der Waals surface area contributed by atoms with E-state index in [0.29, 0.717) is 22.7 Å². The van der Waals surface area contributed by atoms with Gasteiger partial charge in [-0.1, -0.05) is 18.2 Å². The van der Waals surface area contributed by atoms with Gasteiger partial charge in [0.05, 0.1) is 26.1 Å². The van der Waals surface area contributed by atoms with Crippen LogP contribution in [0.15, 0.2) is 52.0 Å². The molecule has 0 spiro atoms. The highest BCUT2D eigenvalue weighted by Gasteiger charge is 2.21. The van der Waals surface area contributed by atoms with Gasteiger partial charge in [0.1, 0.15) is 5.92 Å². The van der Waals surface area contributed by atoms with Crippen LogP contribution in [0.5, 0.6) is 11.5 Å². The fourth-order valence-corrected chi connectivity index (χ4v) is 2.58. The van der Waals surface area contributed by atoms with Crippen molar-refractivity contribution in [2.24, 2.45) is 11.0 Å². The summed E-state index contributed by atoms with van der Waals surface area (Å²) in [5, 5.41) is 6.60. The van der Waals surface area contributed by atoms with Crippen LogP contribution in [0.3, 0.4) is 0 Å². The first-order chi connectivity index (χ1) is 13.0. The molecule has 2 amide bonds. The van der Waals surface area contributed by atoms with E-state index in [4.69, 9.17) is 9.47 Å². The molecule has 27 heavy (non-hydrogen) atoms. The van der Waals surface area contributed by atoms with Crippen molar-refractivity contribution in [3.8, 4) is 11.5 Å². The molecule has 0 aliphatic rings. The van der Waals surface area contributed by atoms with Crippen molar-refractivity contribution in [3.63, 3.8) is 0 Å². The van der Waals surface area contributed by atoms with Crippen LogP contribution in [0.2, 0.25) is 0 Å². The van der Waals surface area contributed by atoms with Gasteiger partial charge in [0.2, 0.25) is 5.91 Å². The quantitative estimate of drug-likeness (QED) is 0.398. The first kappa shape index (κ1) is 20.4. The van der Waals surface area contributed by atoms with Gasteiger partial charge in [-0.15, -0.1) is 0 Å². The molecule has 0 aliphatic heterocycles. The zero-order valence-corrected chi connectivity index (χ0v) is 16.7. The number of carbonyl (C=O) groups is 2. The predicted octanol–water partition coefficient (Wildman–Crippen LogP) is 3.19. The van der Waals surface area contributed by atoms with Gasteiger partial charge in [0.25, 0.3) is 5.91 Å². The minimum absolute atomic E-state index is 0.437. The Hall–Kier alpha value is -2.87. The first-order valence-electron chi connectivity index (χ1n) is 8.07. The Labute approximate surface area is 165 Å². The molecule has 1 atom stereocenters. The monoisotopic (exact) mass is 433 g/mol. The predicted molar refractivity (Wildman–Crippen MR) is 107 cm³/mol. The molecule has 0 heterocycles. The van der Waals surface area contributed by atoms with Crippen LogP contribution < -0.4 is 20.2 Å². The van der Waals surface area contributed by atoms with E-state index in [1.54, 1.807) is 36.4 Å². The maximum absolute atomic E-state index is 12.2. The summed E-state index contributed by atoms with van der Waals surface area (Å²) in [6.45, 7) is 1.50. The van der Waals surface area contributed by atoms with Gasteiger partial charge in [0.15, 0.2) is 11.5 Å². The molecule has 2 rings (SSSR count). The van der Waals surface area contributed by atoms with Crippen LogP contribution in [-0.4, -0.2) is 32.2 Å². The fourth-order valence-electron chi connectivity index (χ4n) is 2.20. The summed E-state index contributed by atoms with van der Waals surface area (Å²) in [7, 11) is 3.05. The Balaban J connectivity index is 2.00. The molecule has 1 unspecified atom stereocenters. The van der Waals surface area contributed by atoms with Crippen molar-refractivity contribution in [1.82, 2.24) is 5.43 Å². The lowest BCUT2D eigenvalue weighted by atomic mass is 10.1. The molecule has 0 radical (unpaired) electrons. The van der Waals surface area contributed by atoms with Crippen LogP contribution in [0, 0.1) is 5.92 Å². The highest BCUT2D eigenvalue weighted by molar-refractivity contribution is 9.10. The Morgan fingerprint density at radius 1 is 1.07 bits per heavy atom. The number of halogens is 1. The largest absolute Gasteiger partial charge is 0.493 e. The van der Waals surface area contributed by atoms with Crippen molar-refractivity contribution in [3.05, 3.63) is 52.5 Å². The second kappa shape index (κ2) is 9.72. The Morgan fingerprint density at radius 3 is 2.48 bits per heavy atom. The molecule has 2 aromatic rings. The minimum Gasteiger partial charge on any atom is -0.493 e. The summed E-state index contributed by atoms with van der Waals surface area (Å²) in [6.07, 6.45) is 1.43. The number of para-hydroxylation sites is 2. The third-order valence-electron chi connectivity index (χ3n) is 3.73. The molecular formula is C19H20BrN3O4. The Kier molecular flexibility index (Phi) is 7.36. The highest BCUT2D eigenvalue weighted by atomic mass is 79.9. The molecule has 0 aliphatic carbocycles. The van der Waals surface area contributed by atoms with Crippen molar-refractivity contribution in [2.45, 2.75) is 6.92 Å². The normalized spacial score (nSPS) is 11.7. The standard InChI is InChI=1S/C19H20BrN3O4/c1-12(18(24)22-15-9-5-4-8-14(15)20)19(25)23-21-11-13-7-6-10-16(26-2)17(13)27-3/h4-12H,1-3H3,(H,22,24)(H,23,25). The molecule has 2 aromatic carbocycles. The second-order valence-corrected chi connectivity index (χ2v) is 6.36. The lowest BCUT2D eigenvalue weighted by molar-refractivity contribution is -0.131. The molecule has 8 heteroatoms. The first-order valence-corrected chi connectivity index (χ1v) is 8.86. The number of hydrogen-bond acceptors (Lipinski definition) is 5. The number of nitrogens with zero attached hydrogens (tertiary/aromatic N) is 1. The number of carbonyl (C=O) groups excluding carboxylic acids is 2. The van der Waals surface area contributed by atoms with Gasteiger partial charge >= 0.3 is 0 Å². The summed E-state index contributed by atoms with van der Waals surface area (Å²) in [5.74, 6) is -0.848. The number of methoxy groups -OCH3 is 2. The van der Waals surface area contributed by atoms with Gasteiger partial charge in [-0.25, -0.2) is 5.43 Å². The smallest absolute Gasteiger partial charge is 0.252 e. The molecule has 0 fully saturated rings. The van der Waals surface area contributed by atoms with E-state index < -0.39 is 17.7 Å². The maximum atomic E-state index is 12.2. The maximum Gasteiger partial charge on any atom is 0.252 e. The van der Waals surface area contributed by atoms with Crippen molar-refractivity contribution in [2.75, 3.05) is 19.5 Å². The van der Waals surface area contributed by atoms with Gasteiger partial charge in [-0.2, -0.15) is 5.10 Å². The number of rotatable bonds is 7. The van der Waals surface area contributed by atoms with E-state index in [1.165, 1.54) is 27.4 Å². The van der Waals surface area contributed by atoms with Crippen LogP contribution in [0.4, 0.5) is 5.69 Å². The number of amides is 2. The topological polar surface area (TPSA) is 89.0 Å². The average Bonchev–Trinajstić information content (AvgIpc) is 2.68. The van der Waals surface area contributed by atoms with E-state index in [2.05, 4.69) is 31.8 Å². The van der Waals surface area contributed by atoms with Crippen molar-refractivity contribution >= 4 is 39.6 Å². The van der Waals surface area contributed by atoms with Gasteiger partial charge in [-0.3, -0.25) is 9.59 Å². The number of nitrogens with one attached hydrogen (secondary N) is 2. The van der Waals surface area contributed by atoms with E-state index in [-0.39, 0.29) is 0 Å². The third-order valence-corrected chi connectivity index (χ3v) is 4.42. The summed E-state index contributed by atoms with van der Waals surface area (Å²) in [5.41, 5.74) is 3.58. The van der Waals surface area contributed by atoms with Crippen LogP contribution in [0.25, 0.3) is 0 Å². The molecular weight excluding hydrogens is 414 g/mol. The Morgan fingerprint density at radius 2 is 1.81 bits per heavy atom. The number of ether oxygens (including phenoxy) is 2. The lowest BCUT2D eigenvalue weighted by Gasteiger charge is -2.12. The van der Waals surface area contributed by atoms with E-state index in [1.807, 2.05) is 6.07 Å². The lowest BCUT2D eigenvalue weighted by Crippen LogP contribution is -2.34. The zero-order valence-electron chi connectivity index (χ0n) is 15.2. The summed E-state index contributed by atoms with van der Waals surface area (Å²) in [6, 6.07) is 12.4. The molecule has 0 aromatic heterocycles. The average molecular weight is 434 g/mol. The number of hydrogen-bond donors (Lipinski definition) is 2. The molecule has 2 N–H and O–H groups in total. The van der Waals surface area contributed by atoms with E-state index in [0.717, 1.165) is 4.47 Å². The number of benzene rings is 2. The number of hydrazone groups is 1.